The largest absolute Gasteiger partial charge is 0.328 e. The van der Waals surface area contributed by atoms with E-state index in [1.54, 1.807) is 11.9 Å². The van der Waals surface area contributed by atoms with Gasteiger partial charge in [0, 0.05) is 25.3 Å². The summed E-state index contributed by atoms with van der Waals surface area (Å²) in [6.07, 6.45) is 0.948. The maximum atomic E-state index is 11.8. The number of nitrogens with one attached hydrogen (secondary N) is 1. The van der Waals surface area contributed by atoms with E-state index in [2.05, 4.69) is 5.32 Å². The van der Waals surface area contributed by atoms with Gasteiger partial charge in [-0.2, -0.15) is 0 Å². The van der Waals surface area contributed by atoms with Gasteiger partial charge in [0.05, 0.1) is 0 Å². The molecule has 0 aromatic heterocycles. The molecule has 17 heavy (non-hydrogen) atoms. The summed E-state index contributed by atoms with van der Waals surface area (Å²) in [6, 6.07) is 7.50. The van der Waals surface area contributed by atoms with Crippen molar-refractivity contribution < 1.29 is 4.79 Å². The second-order valence-electron chi connectivity index (χ2n) is 4.27. The molecule has 2 amide bonds. The number of nitrogens with two attached hydrogens (primary N) is 1. The molecule has 0 radical (unpaired) electrons. The quantitative estimate of drug-likeness (QED) is 0.842. The standard InChI is InChI=1S/C13H21N3O/c1-4-8-16(3)13(17)15-12-7-5-6-11(9-12)10(2)14/h5-7,9-10H,4,8,14H2,1-3H3,(H,15,17). The van der Waals surface area contributed by atoms with Gasteiger partial charge in [-0.15, -0.1) is 0 Å². The molecule has 0 aliphatic carbocycles. The van der Waals surface area contributed by atoms with E-state index in [0.29, 0.717) is 0 Å². The van der Waals surface area contributed by atoms with Gasteiger partial charge in [-0.3, -0.25) is 0 Å². The lowest BCUT2D eigenvalue weighted by Gasteiger charge is -2.17. The Bertz CT molecular complexity index is 377. The molecule has 1 atom stereocenters. The Hall–Kier alpha value is -1.55. The van der Waals surface area contributed by atoms with Gasteiger partial charge in [-0.1, -0.05) is 19.1 Å². The van der Waals surface area contributed by atoms with Crippen LogP contribution in [-0.2, 0) is 0 Å². The molecule has 0 bridgehead atoms. The maximum absolute atomic E-state index is 11.8. The number of urea groups is 1. The number of nitrogens with zero attached hydrogens (tertiary/aromatic N) is 1. The van der Waals surface area contributed by atoms with E-state index in [0.717, 1.165) is 24.2 Å². The highest BCUT2D eigenvalue weighted by atomic mass is 16.2. The number of anilines is 1. The molecular formula is C13H21N3O. The zero-order chi connectivity index (χ0) is 12.8. The van der Waals surface area contributed by atoms with E-state index in [9.17, 15) is 4.79 Å². The van der Waals surface area contributed by atoms with Crippen LogP contribution in [0.25, 0.3) is 0 Å². The average Bonchev–Trinajstić information content (AvgIpc) is 2.29. The fourth-order valence-electron chi connectivity index (χ4n) is 1.56. The molecule has 0 aliphatic heterocycles. The van der Waals surface area contributed by atoms with Gasteiger partial charge in [0.15, 0.2) is 0 Å². The second kappa shape index (κ2) is 6.25. The van der Waals surface area contributed by atoms with Crippen molar-refractivity contribution in [2.75, 3.05) is 18.9 Å². The first-order valence-corrected chi connectivity index (χ1v) is 5.92. The molecule has 1 rings (SSSR count). The van der Waals surface area contributed by atoms with E-state index >= 15 is 0 Å². The van der Waals surface area contributed by atoms with Crippen LogP contribution in [0, 0.1) is 0 Å². The van der Waals surface area contributed by atoms with Crippen LogP contribution in [0.4, 0.5) is 10.5 Å². The summed E-state index contributed by atoms with van der Waals surface area (Å²) in [5.74, 6) is 0. The fourth-order valence-corrected chi connectivity index (χ4v) is 1.56. The molecule has 1 unspecified atom stereocenters. The van der Waals surface area contributed by atoms with Gasteiger partial charge in [0.25, 0.3) is 0 Å². The Kier molecular flexibility index (Phi) is 4.97. The molecule has 4 nitrogen and oxygen atoms in total. The van der Waals surface area contributed by atoms with Crippen molar-refractivity contribution in [1.82, 2.24) is 4.90 Å². The van der Waals surface area contributed by atoms with Crippen molar-refractivity contribution in [2.24, 2.45) is 5.73 Å². The number of hydrogen-bond acceptors (Lipinski definition) is 2. The molecule has 0 fully saturated rings. The first kappa shape index (κ1) is 13.5. The molecule has 0 heterocycles. The number of amides is 2. The molecule has 1 aromatic carbocycles. The number of carbonyl (C=O) groups is 1. The Labute approximate surface area is 103 Å². The molecule has 4 heteroatoms. The highest BCUT2D eigenvalue weighted by molar-refractivity contribution is 5.89. The van der Waals surface area contributed by atoms with E-state index in [1.165, 1.54) is 0 Å². The minimum absolute atomic E-state index is 0.0276. The summed E-state index contributed by atoms with van der Waals surface area (Å²) < 4.78 is 0. The van der Waals surface area contributed by atoms with Crippen LogP contribution in [0.5, 0.6) is 0 Å². The van der Waals surface area contributed by atoms with Crippen molar-refractivity contribution in [2.45, 2.75) is 26.3 Å². The van der Waals surface area contributed by atoms with Gasteiger partial charge >= 0.3 is 6.03 Å². The second-order valence-corrected chi connectivity index (χ2v) is 4.27. The molecule has 0 aliphatic rings. The summed E-state index contributed by atoms with van der Waals surface area (Å²) in [4.78, 5) is 13.4. The Morgan fingerprint density at radius 3 is 2.82 bits per heavy atom. The van der Waals surface area contributed by atoms with Crippen LogP contribution in [-0.4, -0.2) is 24.5 Å². The van der Waals surface area contributed by atoms with E-state index < -0.39 is 0 Å². The van der Waals surface area contributed by atoms with Crippen molar-refractivity contribution in [3.8, 4) is 0 Å². The van der Waals surface area contributed by atoms with E-state index in [1.807, 2.05) is 38.1 Å². The van der Waals surface area contributed by atoms with Crippen molar-refractivity contribution in [3.63, 3.8) is 0 Å². The van der Waals surface area contributed by atoms with Crippen LogP contribution < -0.4 is 11.1 Å². The van der Waals surface area contributed by atoms with E-state index in [4.69, 9.17) is 5.73 Å². The third-order valence-electron chi connectivity index (χ3n) is 2.57. The molecule has 94 valence electrons. The number of benzene rings is 1. The van der Waals surface area contributed by atoms with Gasteiger partial charge in [-0.25, -0.2) is 4.79 Å². The zero-order valence-corrected chi connectivity index (χ0v) is 10.7. The topological polar surface area (TPSA) is 58.4 Å². The summed E-state index contributed by atoms with van der Waals surface area (Å²) in [6.45, 7) is 4.71. The van der Waals surface area contributed by atoms with Gasteiger partial charge in [-0.05, 0) is 31.0 Å². The summed E-state index contributed by atoms with van der Waals surface area (Å²) in [7, 11) is 1.79. The molecule has 0 saturated heterocycles. The summed E-state index contributed by atoms with van der Waals surface area (Å²) in [5, 5.41) is 2.85. The van der Waals surface area contributed by atoms with Crippen LogP contribution >= 0.6 is 0 Å². The molecule has 1 aromatic rings. The maximum Gasteiger partial charge on any atom is 0.321 e. The van der Waals surface area contributed by atoms with Crippen LogP contribution in [0.15, 0.2) is 24.3 Å². The Balaban J connectivity index is 2.68. The lowest BCUT2D eigenvalue weighted by atomic mass is 10.1. The third-order valence-corrected chi connectivity index (χ3v) is 2.57. The Morgan fingerprint density at radius 2 is 2.24 bits per heavy atom. The van der Waals surface area contributed by atoms with Crippen LogP contribution in [0.1, 0.15) is 31.9 Å². The average molecular weight is 235 g/mol. The first-order chi connectivity index (χ1) is 8.04. The molecule has 0 saturated carbocycles. The number of rotatable bonds is 4. The smallest absolute Gasteiger partial charge is 0.321 e. The Morgan fingerprint density at radius 1 is 1.53 bits per heavy atom. The number of carbonyl (C=O) groups excluding carboxylic acids is 1. The fraction of sp³-hybridized carbons (Fsp3) is 0.462. The minimum atomic E-state index is -0.0892. The zero-order valence-electron chi connectivity index (χ0n) is 10.7. The highest BCUT2D eigenvalue weighted by Gasteiger charge is 2.08. The highest BCUT2D eigenvalue weighted by Crippen LogP contribution is 2.15. The normalized spacial score (nSPS) is 12.0. The van der Waals surface area contributed by atoms with Gasteiger partial charge < -0.3 is 16.0 Å². The van der Waals surface area contributed by atoms with Crippen LogP contribution in [0.2, 0.25) is 0 Å². The number of hydrogen-bond donors (Lipinski definition) is 2. The predicted molar refractivity (Wildman–Crippen MR) is 71.0 cm³/mol. The van der Waals surface area contributed by atoms with Crippen molar-refractivity contribution >= 4 is 11.7 Å². The summed E-state index contributed by atoms with van der Waals surface area (Å²) in [5.41, 5.74) is 7.60. The first-order valence-electron chi connectivity index (χ1n) is 5.92. The molecular weight excluding hydrogens is 214 g/mol. The molecule has 3 N–H and O–H groups in total. The minimum Gasteiger partial charge on any atom is -0.328 e. The predicted octanol–water partition coefficient (Wildman–Crippen LogP) is 2.58. The lowest BCUT2D eigenvalue weighted by molar-refractivity contribution is 0.222. The lowest BCUT2D eigenvalue weighted by Crippen LogP contribution is -2.31. The third kappa shape index (κ3) is 4.07. The monoisotopic (exact) mass is 235 g/mol. The van der Waals surface area contributed by atoms with Gasteiger partial charge in [0.1, 0.15) is 0 Å². The van der Waals surface area contributed by atoms with Crippen molar-refractivity contribution in [3.05, 3.63) is 29.8 Å². The van der Waals surface area contributed by atoms with E-state index in [-0.39, 0.29) is 12.1 Å². The van der Waals surface area contributed by atoms with Gasteiger partial charge in [0.2, 0.25) is 0 Å². The summed E-state index contributed by atoms with van der Waals surface area (Å²) >= 11 is 0. The van der Waals surface area contributed by atoms with Crippen LogP contribution in [0.3, 0.4) is 0 Å². The molecule has 0 spiro atoms. The SMILES string of the molecule is CCCN(C)C(=O)Nc1cccc(C(C)N)c1. The van der Waals surface area contributed by atoms with Crippen molar-refractivity contribution in [1.29, 1.82) is 0 Å².